The SMILES string of the molecule is CC(C)(C)c1ccc(-c2cc(-c3ccc(C(C)(C)C)cc3)cc(-c3cccc(-c4ccnc(-c5[c-]c(N(c6[c-]c(-c7cc(-c8cccc(-c9cc(-c%10ccc(C(C)(C)C)cc%10)cc(-c%10ccc(C(C)(C)C)cc%10)c9)c8)ccn7)ccc6)c6ccccc6)ccc5)c4)c3)c2)cc1.[Pt+2]. The van der Waals surface area contributed by atoms with Crippen LogP contribution in [0, 0.1) is 12.1 Å². The van der Waals surface area contributed by atoms with Gasteiger partial charge in [-0.25, -0.2) is 0 Å². The first-order chi connectivity index (χ1) is 45.5. The molecule has 0 bridgehead atoms. The quantitative estimate of drug-likeness (QED) is 0.108. The van der Waals surface area contributed by atoms with Gasteiger partial charge in [0.25, 0.3) is 0 Å². The topological polar surface area (TPSA) is 29.0 Å². The summed E-state index contributed by atoms with van der Waals surface area (Å²) in [5, 5.41) is 0. The van der Waals surface area contributed by atoms with Gasteiger partial charge in [-0.1, -0.05) is 247 Å². The van der Waals surface area contributed by atoms with Crippen molar-refractivity contribution in [1.82, 2.24) is 9.97 Å². The van der Waals surface area contributed by atoms with E-state index in [1.807, 2.05) is 12.4 Å². The van der Waals surface area contributed by atoms with Crippen LogP contribution in [0.25, 0.3) is 112 Å². The molecule has 0 saturated heterocycles. The molecule has 0 aliphatic heterocycles. The Labute approximate surface area is 585 Å². The number of aromatic nitrogens is 2. The monoisotopic (exact) mass is 1420 g/mol. The first-order valence-electron chi connectivity index (χ1n) is 33.3. The number of nitrogens with zero attached hydrogens (tertiary/aromatic N) is 3. The van der Waals surface area contributed by atoms with Crippen LogP contribution in [0.2, 0.25) is 0 Å². The van der Waals surface area contributed by atoms with Crippen molar-refractivity contribution >= 4 is 17.1 Å². The second-order valence-electron chi connectivity index (χ2n) is 29.5. The van der Waals surface area contributed by atoms with Crippen LogP contribution in [0.1, 0.15) is 105 Å². The number of pyridine rings is 2. The number of hydrogen-bond acceptors (Lipinski definition) is 3. The normalized spacial score (nSPS) is 11.9. The number of rotatable bonds is 13. The van der Waals surface area contributed by atoms with Crippen LogP contribution in [0.3, 0.4) is 0 Å². The smallest absolute Gasteiger partial charge is 0.346 e. The molecule has 13 aromatic rings. The molecule has 0 saturated carbocycles. The molecule has 4 heteroatoms. The van der Waals surface area contributed by atoms with E-state index in [0.717, 1.165) is 84.1 Å². The fourth-order valence-electron chi connectivity index (χ4n) is 12.6. The van der Waals surface area contributed by atoms with Gasteiger partial charge in [0.15, 0.2) is 0 Å². The number of anilines is 3. The van der Waals surface area contributed by atoms with Gasteiger partial charge in [0, 0.05) is 18.1 Å². The van der Waals surface area contributed by atoms with Gasteiger partial charge in [-0.15, -0.1) is 59.7 Å². The summed E-state index contributed by atoms with van der Waals surface area (Å²) in [5.74, 6) is 0. The van der Waals surface area contributed by atoms with E-state index >= 15 is 0 Å². The Bertz CT molecular complexity index is 4430. The molecule has 3 nitrogen and oxygen atoms in total. The Morgan fingerprint density at radius 1 is 0.240 bits per heavy atom. The van der Waals surface area contributed by atoms with E-state index in [2.05, 4.69) is 373 Å². The molecule has 0 unspecified atom stereocenters. The summed E-state index contributed by atoms with van der Waals surface area (Å²) in [4.78, 5) is 12.2. The van der Waals surface area contributed by atoms with Crippen molar-refractivity contribution in [1.29, 1.82) is 0 Å². The fraction of sp³-hybridized carbons (Fsp3) is 0.174. The molecule has 96 heavy (non-hydrogen) atoms. The second-order valence-corrected chi connectivity index (χ2v) is 29.5. The van der Waals surface area contributed by atoms with Gasteiger partial charge in [0.2, 0.25) is 0 Å². The average Bonchev–Trinajstić information content (AvgIpc) is 0.804. The van der Waals surface area contributed by atoms with Gasteiger partial charge in [-0.05, 0) is 228 Å². The largest absolute Gasteiger partial charge is 2.00 e. The van der Waals surface area contributed by atoms with E-state index in [1.165, 1.54) is 66.8 Å². The van der Waals surface area contributed by atoms with Crippen LogP contribution in [0.5, 0.6) is 0 Å². The average molecular weight is 1430 g/mol. The first-order valence-corrected chi connectivity index (χ1v) is 33.3. The molecule has 0 atom stereocenters. The number of para-hydroxylation sites is 1. The van der Waals surface area contributed by atoms with Crippen LogP contribution in [-0.2, 0) is 42.7 Å². The molecule has 2 heterocycles. The zero-order chi connectivity index (χ0) is 66.2. The molecule has 476 valence electrons. The van der Waals surface area contributed by atoms with Gasteiger partial charge in [0.05, 0.1) is 0 Å². The summed E-state index contributed by atoms with van der Waals surface area (Å²) in [6, 6.07) is 108. The van der Waals surface area contributed by atoms with Crippen molar-refractivity contribution in [2.45, 2.75) is 105 Å². The van der Waals surface area contributed by atoms with Crippen LogP contribution in [0.4, 0.5) is 17.1 Å². The third-order valence-corrected chi connectivity index (χ3v) is 18.4. The molecule has 0 fully saturated rings. The van der Waals surface area contributed by atoms with Crippen molar-refractivity contribution in [3.8, 4) is 112 Å². The minimum absolute atomic E-state index is 0. The predicted octanol–water partition coefficient (Wildman–Crippen LogP) is 25.4. The Kier molecular flexibility index (Phi) is 18.7. The van der Waals surface area contributed by atoms with Gasteiger partial charge in [-0.2, -0.15) is 0 Å². The molecule has 2 aromatic heterocycles. The maximum atomic E-state index is 4.99. The Balaban J connectivity index is 0.00000881. The van der Waals surface area contributed by atoms with Crippen LogP contribution in [-0.4, -0.2) is 9.97 Å². The number of hydrogen-bond donors (Lipinski definition) is 0. The molecule has 0 aliphatic rings. The maximum Gasteiger partial charge on any atom is 2.00 e. The van der Waals surface area contributed by atoms with Gasteiger partial charge in [-0.3, -0.25) is 0 Å². The molecule has 0 radical (unpaired) electrons. The standard InChI is InChI=1S/C92H83N3.Pt/c1-89(2,3)80-38-30-62(31-39-80)74-52-75(63-32-40-81(41-33-63)90(4,5)6)55-78(54-74)68-22-16-20-66(50-68)70-46-48-93-87(60-70)72-24-18-28-85(58-72)95(84-26-14-13-15-27-84)86-29-19-25-73(59-86)88-61-71(47-49-94-88)67-21-17-23-69(51-67)79-56-76(64-34-42-82(43-35-64)91(7,8)9)53-77(57-79)65-36-44-83(45-37-65)92(10,11)12;/h13-57,60-61H,1-12H3;/q-2;+2. The van der Waals surface area contributed by atoms with E-state index in [9.17, 15) is 0 Å². The molecule has 13 rings (SSSR count). The number of benzene rings is 11. The van der Waals surface area contributed by atoms with Crippen molar-refractivity contribution in [3.05, 3.63) is 320 Å². The van der Waals surface area contributed by atoms with E-state index in [-0.39, 0.29) is 42.7 Å². The minimum atomic E-state index is 0. The molecule has 11 aromatic carbocycles. The van der Waals surface area contributed by atoms with E-state index < -0.39 is 0 Å². The van der Waals surface area contributed by atoms with Crippen LogP contribution >= 0.6 is 0 Å². The van der Waals surface area contributed by atoms with E-state index in [1.54, 1.807) is 0 Å². The van der Waals surface area contributed by atoms with Gasteiger partial charge < -0.3 is 14.9 Å². The predicted molar refractivity (Wildman–Crippen MR) is 404 cm³/mol. The van der Waals surface area contributed by atoms with Gasteiger partial charge >= 0.3 is 21.1 Å². The maximum absolute atomic E-state index is 4.99. The van der Waals surface area contributed by atoms with Crippen molar-refractivity contribution in [2.75, 3.05) is 4.90 Å². The molecule has 0 aliphatic carbocycles. The summed E-state index contributed by atoms with van der Waals surface area (Å²) in [6.45, 7) is 27.2. The summed E-state index contributed by atoms with van der Waals surface area (Å²) in [5.41, 5.74) is 30.2. The van der Waals surface area contributed by atoms with Crippen molar-refractivity contribution < 1.29 is 21.1 Å². The van der Waals surface area contributed by atoms with E-state index in [0.29, 0.717) is 0 Å². The van der Waals surface area contributed by atoms with Gasteiger partial charge in [0.1, 0.15) is 0 Å². The van der Waals surface area contributed by atoms with Crippen LogP contribution < -0.4 is 4.90 Å². The Morgan fingerprint density at radius 3 is 0.802 bits per heavy atom. The summed E-state index contributed by atoms with van der Waals surface area (Å²) in [7, 11) is 0. The molecular weight excluding hydrogens is 1340 g/mol. The Morgan fingerprint density at radius 2 is 0.500 bits per heavy atom. The summed E-state index contributed by atoms with van der Waals surface area (Å²) >= 11 is 0. The summed E-state index contributed by atoms with van der Waals surface area (Å²) in [6.07, 6.45) is 3.83. The fourth-order valence-corrected chi connectivity index (χ4v) is 12.6. The van der Waals surface area contributed by atoms with Crippen LogP contribution in [0.15, 0.2) is 285 Å². The molecule has 0 spiro atoms. The molecule has 0 N–H and O–H groups in total. The minimum Gasteiger partial charge on any atom is -0.346 e. The third kappa shape index (κ3) is 14.8. The third-order valence-electron chi connectivity index (χ3n) is 18.4. The zero-order valence-electron chi connectivity index (χ0n) is 57.3. The summed E-state index contributed by atoms with van der Waals surface area (Å²) < 4.78 is 0. The Hall–Kier alpha value is -9.79. The van der Waals surface area contributed by atoms with Crippen molar-refractivity contribution in [2.24, 2.45) is 0 Å². The second kappa shape index (κ2) is 27.1. The molecule has 0 amide bonds. The van der Waals surface area contributed by atoms with E-state index in [4.69, 9.17) is 9.97 Å². The zero-order valence-corrected chi connectivity index (χ0v) is 59.6. The first kappa shape index (κ1) is 66.2. The molecular formula is C92H83N3Pt. The van der Waals surface area contributed by atoms with Crippen molar-refractivity contribution in [3.63, 3.8) is 0 Å².